The van der Waals surface area contributed by atoms with E-state index in [1.54, 1.807) is 31.2 Å². The Morgan fingerprint density at radius 2 is 1.70 bits per heavy atom. The number of imide groups is 1. The van der Waals surface area contributed by atoms with Gasteiger partial charge in [0.25, 0.3) is 11.8 Å². The van der Waals surface area contributed by atoms with Crippen LogP contribution in [0.1, 0.15) is 44.1 Å². The van der Waals surface area contributed by atoms with Gasteiger partial charge in [-0.25, -0.2) is 0 Å². The molecule has 2 aliphatic rings. The number of aliphatic hydroxyl groups is 1. The van der Waals surface area contributed by atoms with Crippen molar-refractivity contribution in [2.24, 2.45) is 0 Å². The van der Waals surface area contributed by atoms with Crippen LogP contribution in [-0.4, -0.2) is 60.1 Å². The van der Waals surface area contributed by atoms with Gasteiger partial charge in [0.05, 0.1) is 19.3 Å². The van der Waals surface area contributed by atoms with Crippen LogP contribution in [0.5, 0.6) is 5.75 Å². The molecule has 0 atom stereocenters. The predicted octanol–water partition coefficient (Wildman–Crippen LogP) is 2.42. The van der Waals surface area contributed by atoms with E-state index in [1.807, 2.05) is 12.1 Å². The highest BCUT2D eigenvalue weighted by Gasteiger charge is 2.43. The van der Waals surface area contributed by atoms with Crippen LogP contribution < -0.4 is 4.74 Å². The van der Waals surface area contributed by atoms with E-state index in [9.17, 15) is 14.7 Å². The van der Waals surface area contributed by atoms with E-state index in [2.05, 4.69) is 0 Å². The zero-order valence-corrected chi connectivity index (χ0v) is 16.1. The van der Waals surface area contributed by atoms with Gasteiger partial charge >= 0.3 is 0 Å². The zero-order chi connectivity index (χ0) is 19.4. The first kappa shape index (κ1) is 19.4. The largest absolute Gasteiger partial charge is 0.497 e. The molecule has 1 aromatic carbocycles. The number of carbonyl (C=O) groups is 2. The van der Waals surface area contributed by atoms with Gasteiger partial charge in [0, 0.05) is 19.6 Å². The third-order valence-electron chi connectivity index (χ3n) is 5.48. The Morgan fingerprint density at radius 1 is 1.07 bits per heavy atom. The van der Waals surface area contributed by atoms with Crippen LogP contribution in [0.25, 0.3) is 5.57 Å². The van der Waals surface area contributed by atoms with Crippen molar-refractivity contribution in [1.82, 2.24) is 9.80 Å². The number of rotatable bonds is 6. The van der Waals surface area contributed by atoms with Crippen LogP contribution in [0.4, 0.5) is 0 Å². The van der Waals surface area contributed by atoms with Gasteiger partial charge in [-0.15, -0.1) is 0 Å². The molecule has 1 N–H and O–H groups in total. The number of hydrogen-bond donors (Lipinski definition) is 1. The van der Waals surface area contributed by atoms with Crippen LogP contribution >= 0.6 is 0 Å². The maximum Gasteiger partial charge on any atom is 0.278 e. The fourth-order valence-electron chi connectivity index (χ4n) is 4.02. The van der Waals surface area contributed by atoms with E-state index >= 15 is 0 Å². The zero-order valence-electron chi connectivity index (χ0n) is 16.1. The monoisotopic (exact) mass is 372 g/mol. The summed E-state index contributed by atoms with van der Waals surface area (Å²) in [5, 5.41) is 9.34. The second-order valence-electron chi connectivity index (χ2n) is 7.22. The maximum absolute atomic E-state index is 13.3. The minimum absolute atomic E-state index is 0.0409. The first-order chi connectivity index (χ1) is 13.1. The Labute approximate surface area is 160 Å². The Bertz CT molecular complexity index is 718. The summed E-state index contributed by atoms with van der Waals surface area (Å²) in [4.78, 5) is 29.7. The SMILES string of the molecule is COc1ccc(C2=C(N(C)CCO)C(=O)N(C3CCCCCC3)C2=O)cc1. The van der Waals surface area contributed by atoms with Crippen molar-refractivity contribution in [2.75, 3.05) is 27.3 Å². The third-order valence-corrected chi connectivity index (χ3v) is 5.48. The molecular formula is C21H28N2O4. The lowest BCUT2D eigenvalue weighted by molar-refractivity contribution is -0.140. The lowest BCUT2D eigenvalue weighted by Crippen LogP contribution is -2.42. The Hall–Kier alpha value is -2.34. The van der Waals surface area contributed by atoms with Gasteiger partial charge in [-0.05, 0) is 30.5 Å². The van der Waals surface area contributed by atoms with Crippen LogP contribution in [0.15, 0.2) is 30.0 Å². The van der Waals surface area contributed by atoms with Crippen molar-refractivity contribution in [3.63, 3.8) is 0 Å². The quantitative estimate of drug-likeness (QED) is 0.613. The minimum Gasteiger partial charge on any atom is -0.497 e. The van der Waals surface area contributed by atoms with Gasteiger partial charge in [0.2, 0.25) is 0 Å². The normalized spacial score (nSPS) is 18.9. The third kappa shape index (κ3) is 3.86. The number of methoxy groups -OCH3 is 1. The molecule has 1 aliphatic carbocycles. The predicted molar refractivity (Wildman–Crippen MR) is 103 cm³/mol. The molecule has 2 amide bonds. The van der Waals surface area contributed by atoms with Crippen molar-refractivity contribution in [2.45, 2.75) is 44.6 Å². The smallest absolute Gasteiger partial charge is 0.278 e. The Balaban J connectivity index is 2.00. The first-order valence-corrected chi connectivity index (χ1v) is 9.67. The molecular weight excluding hydrogens is 344 g/mol. The van der Waals surface area contributed by atoms with Crippen molar-refractivity contribution in [1.29, 1.82) is 0 Å². The molecule has 1 saturated carbocycles. The molecule has 6 heteroatoms. The molecule has 3 rings (SSSR count). The second kappa shape index (κ2) is 8.57. The van der Waals surface area contributed by atoms with Gasteiger partial charge in [0.15, 0.2) is 0 Å². The van der Waals surface area contributed by atoms with E-state index in [1.165, 1.54) is 4.90 Å². The van der Waals surface area contributed by atoms with E-state index in [0.29, 0.717) is 29.1 Å². The molecule has 27 heavy (non-hydrogen) atoms. The fourth-order valence-corrected chi connectivity index (χ4v) is 4.02. The van der Waals surface area contributed by atoms with Gasteiger partial charge < -0.3 is 14.7 Å². The highest BCUT2D eigenvalue weighted by atomic mass is 16.5. The summed E-state index contributed by atoms with van der Waals surface area (Å²) in [6.45, 7) is 0.216. The highest BCUT2D eigenvalue weighted by molar-refractivity contribution is 6.35. The van der Waals surface area contributed by atoms with Crippen LogP contribution in [0.3, 0.4) is 0 Å². The highest BCUT2D eigenvalue weighted by Crippen LogP contribution is 2.35. The van der Waals surface area contributed by atoms with Crippen LogP contribution in [0, 0.1) is 0 Å². The summed E-state index contributed by atoms with van der Waals surface area (Å²) in [5.74, 6) is 0.229. The van der Waals surface area contributed by atoms with Crippen molar-refractivity contribution in [3.05, 3.63) is 35.5 Å². The molecule has 0 bridgehead atoms. The number of likely N-dealkylation sites (N-methyl/N-ethyl adjacent to an activating group) is 1. The topological polar surface area (TPSA) is 70.1 Å². The lowest BCUT2D eigenvalue weighted by atomic mass is 10.0. The number of carbonyl (C=O) groups excluding carboxylic acids is 2. The van der Waals surface area contributed by atoms with Gasteiger partial charge in [-0.3, -0.25) is 14.5 Å². The van der Waals surface area contributed by atoms with E-state index in [-0.39, 0.29) is 24.5 Å². The minimum atomic E-state index is -0.242. The molecule has 1 fully saturated rings. The summed E-state index contributed by atoms with van der Waals surface area (Å²) in [5.41, 5.74) is 1.50. The molecule has 146 valence electrons. The number of aliphatic hydroxyl groups excluding tert-OH is 1. The summed E-state index contributed by atoms with van der Waals surface area (Å²) >= 11 is 0. The van der Waals surface area contributed by atoms with Gasteiger partial charge in [-0.1, -0.05) is 37.8 Å². The molecule has 1 heterocycles. The van der Waals surface area contributed by atoms with E-state index in [4.69, 9.17) is 4.74 Å². The molecule has 0 unspecified atom stereocenters. The molecule has 0 aromatic heterocycles. The molecule has 1 aliphatic heterocycles. The first-order valence-electron chi connectivity index (χ1n) is 9.67. The average molecular weight is 372 g/mol. The number of hydrogen-bond acceptors (Lipinski definition) is 5. The molecule has 6 nitrogen and oxygen atoms in total. The average Bonchev–Trinajstić information content (AvgIpc) is 2.84. The van der Waals surface area contributed by atoms with Crippen molar-refractivity contribution in [3.8, 4) is 5.75 Å². The molecule has 0 spiro atoms. The second-order valence-corrected chi connectivity index (χ2v) is 7.22. The molecule has 0 radical (unpaired) electrons. The standard InChI is InChI=1S/C21H28N2O4/c1-22(13-14-24)19-18(15-9-11-17(27-2)12-10-15)20(25)23(21(19)26)16-7-5-3-4-6-8-16/h9-12,16,24H,3-8,13-14H2,1-2H3. The lowest BCUT2D eigenvalue weighted by Gasteiger charge is -2.26. The number of amides is 2. The van der Waals surface area contributed by atoms with Crippen LogP contribution in [0.2, 0.25) is 0 Å². The molecule has 0 saturated heterocycles. The maximum atomic E-state index is 13.3. The van der Waals surface area contributed by atoms with E-state index in [0.717, 1.165) is 38.5 Å². The molecule has 1 aromatic rings. The Kier molecular flexibility index (Phi) is 6.16. The van der Waals surface area contributed by atoms with Gasteiger partial charge in [0.1, 0.15) is 11.4 Å². The summed E-state index contributed by atoms with van der Waals surface area (Å²) < 4.78 is 5.20. The number of benzene rings is 1. The summed E-state index contributed by atoms with van der Waals surface area (Å²) in [6, 6.07) is 7.16. The summed E-state index contributed by atoms with van der Waals surface area (Å²) in [6.07, 6.45) is 6.13. The Morgan fingerprint density at radius 3 is 2.26 bits per heavy atom. The van der Waals surface area contributed by atoms with Crippen molar-refractivity contribution >= 4 is 17.4 Å². The fraction of sp³-hybridized carbons (Fsp3) is 0.524. The van der Waals surface area contributed by atoms with Crippen LogP contribution in [-0.2, 0) is 9.59 Å². The number of nitrogens with zero attached hydrogens (tertiary/aromatic N) is 2. The van der Waals surface area contributed by atoms with Crippen molar-refractivity contribution < 1.29 is 19.4 Å². The summed E-state index contributed by atoms with van der Waals surface area (Å²) in [7, 11) is 3.34. The van der Waals surface area contributed by atoms with E-state index < -0.39 is 0 Å². The van der Waals surface area contributed by atoms with Gasteiger partial charge in [-0.2, -0.15) is 0 Å². The number of ether oxygens (including phenoxy) is 1.